The predicted molar refractivity (Wildman–Crippen MR) is 129 cm³/mol. The van der Waals surface area contributed by atoms with Crippen molar-refractivity contribution in [3.8, 4) is 17.2 Å². The van der Waals surface area contributed by atoms with Crippen LogP contribution < -0.4 is 14.2 Å². The third-order valence-electron chi connectivity index (χ3n) is 5.86. The molecule has 1 aromatic rings. The number of ether oxygens (including phenoxy) is 3. The molecule has 0 aliphatic rings. The highest BCUT2D eigenvalue weighted by atomic mass is 16.6. The van der Waals surface area contributed by atoms with E-state index in [9.17, 15) is 4.79 Å². The van der Waals surface area contributed by atoms with Gasteiger partial charge in [-0.15, -0.1) is 0 Å². The molecule has 31 heavy (non-hydrogen) atoms. The summed E-state index contributed by atoms with van der Waals surface area (Å²) in [5.74, 6) is 1.47. The van der Waals surface area contributed by atoms with Gasteiger partial charge in [-0.2, -0.15) is 0 Å². The van der Waals surface area contributed by atoms with Crippen LogP contribution in [0.5, 0.6) is 17.2 Å². The van der Waals surface area contributed by atoms with Crippen molar-refractivity contribution in [1.29, 1.82) is 0 Å². The van der Waals surface area contributed by atoms with Gasteiger partial charge in [0.05, 0.1) is 14.2 Å². The van der Waals surface area contributed by atoms with Gasteiger partial charge >= 0.3 is 5.97 Å². The van der Waals surface area contributed by atoms with Crippen LogP contribution in [0.4, 0.5) is 0 Å². The van der Waals surface area contributed by atoms with Crippen LogP contribution in [0.25, 0.3) is 0 Å². The largest absolute Gasteiger partial charge is 0.497 e. The Bertz CT molecular complexity index is 597. The first-order chi connectivity index (χ1) is 15.1. The Balaban J connectivity index is 2.16. The third-order valence-corrected chi connectivity index (χ3v) is 5.86. The molecule has 0 aromatic heterocycles. The molecule has 4 nitrogen and oxygen atoms in total. The highest BCUT2D eigenvalue weighted by Crippen LogP contribution is 2.37. The average Bonchev–Trinajstić information content (AvgIpc) is 2.76. The summed E-state index contributed by atoms with van der Waals surface area (Å²) < 4.78 is 16.2. The fourth-order valence-corrected chi connectivity index (χ4v) is 4.03. The first-order valence-corrected chi connectivity index (χ1v) is 12.6. The van der Waals surface area contributed by atoms with E-state index in [1.807, 2.05) is 6.07 Å². The van der Waals surface area contributed by atoms with E-state index in [-0.39, 0.29) is 5.97 Å². The van der Waals surface area contributed by atoms with Gasteiger partial charge in [0.15, 0.2) is 11.5 Å². The van der Waals surface area contributed by atoms with Crippen LogP contribution >= 0.6 is 0 Å². The summed E-state index contributed by atoms with van der Waals surface area (Å²) in [6, 6.07) is 3.71. The van der Waals surface area contributed by atoms with Gasteiger partial charge in [0.25, 0.3) is 0 Å². The van der Waals surface area contributed by atoms with Gasteiger partial charge in [-0.05, 0) is 18.9 Å². The molecule has 0 atom stereocenters. The van der Waals surface area contributed by atoms with E-state index in [1.165, 1.54) is 96.8 Å². The second kappa shape index (κ2) is 17.9. The zero-order chi connectivity index (χ0) is 22.7. The molecular weight excluding hydrogens is 388 g/mol. The van der Waals surface area contributed by atoms with Crippen LogP contribution in [-0.4, -0.2) is 20.2 Å². The van der Waals surface area contributed by atoms with Gasteiger partial charge in [-0.25, -0.2) is 0 Å². The molecule has 0 aliphatic carbocycles. The van der Waals surface area contributed by atoms with Crippen molar-refractivity contribution in [2.75, 3.05) is 14.2 Å². The number of hydrogen-bond acceptors (Lipinski definition) is 4. The molecule has 0 fully saturated rings. The molecule has 0 aliphatic heterocycles. The second-order valence-electron chi connectivity index (χ2n) is 8.61. The zero-order valence-corrected chi connectivity index (χ0v) is 20.6. The number of benzene rings is 1. The minimum atomic E-state index is -0.332. The average molecular weight is 435 g/mol. The Morgan fingerprint density at radius 3 is 1.61 bits per heavy atom. The van der Waals surface area contributed by atoms with Crippen molar-refractivity contribution in [3.63, 3.8) is 0 Å². The van der Waals surface area contributed by atoms with E-state index in [2.05, 4.69) is 6.92 Å². The van der Waals surface area contributed by atoms with E-state index < -0.39 is 0 Å². The summed E-state index contributed by atoms with van der Waals surface area (Å²) in [5, 5.41) is 0. The van der Waals surface area contributed by atoms with Gasteiger partial charge in [0.1, 0.15) is 5.75 Å². The normalized spacial score (nSPS) is 10.8. The lowest BCUT2D eigenvalue weighted by molar-refractivity contribution is -0.132. The molecular formula is C27H46O4. The van der Waals surface area contributed by atoms with Gasteiger partial charge in [0.2, 0.25) is 0 Å². The molecule has 0 unspecified atom stereocenters. The molecule has 1 aromatic carbocycles. The maximum Gasteiger partial charge on any atom is 0.308 e. The summed E-state index contributed by atoms with van der Waals surface area (Å²) >= 11 is 0. The third kappa shape index (κ3) is 12.7. The lowest BCUT2D eigenvalue weighted by atomic mass is 10.0. The fourth-order valence-electron chi connectivity index (χ4n) is 4.03. The van der Waals surface area contributed by atoms with E-state index in [0.29, 0.717) is 11.5 Å². The molecule has 0 saturated carbocycles. The quantitative estimate of drug-likeness (QED) is 0.125. The van der Waals surface area contributed by atoms with Crippen LogP contribution in [0.15, 0.2) is 12.1 Å². The van der Waals surface area contributed by atoms with Crippen molar-refractivity contribution in [2.45, 2.75) is 117 Å². The van der Waals surface area contributed by atoms with E-state index in [1.54, 1.807) is 20.3 Å². The zero-order valence-electron chi connectivity index (χ0n) is 20.6. The number of esters is 1. The molecule has 0 bridgehead atoms. The molecule has 0 amide bonds. The SMILES string of the molecule is CCCCCCCCCCCCCCCCCc1cc(OC)cc(OC)c1OC(C)=O. The van der Waals surface area contributed by atoms with E-state index in [0.717, 1.165) is 24.2 Å². The number of rotatable bonds is 19. The lowest BCUT2D eigenvalue weighted by Crippen LogP contribution is -2.06. The number of aryl methyl sites for hydroxylation is 1. The first-order valence-electron chi connectivity index (χ1n) is 12.6. The van der Waals surface area contributed by atoms with Crippen molar-refractivity contribution in [3.05, 3.63) is 17.7 Å². The number of methoxy groups -OCH3 is 2. The summed E-state index contributed by atoms with van der Waals surface area (Å²) in [7, 11) is 3.22. The minimum absolute atomic E-state index is 0.332. The predicted octanol–water partition coefficient (Wildman–Crippen LogP) is 8.04. The monoisotopic (exact) mass is 434 g/mol. The van der Waals surface area contributed by atoms with Crippen LogP contribution in [0.3, 0.4) is 0 Å². The number of unbranched alkanes of at least 4 members (excludes halogenated alkanes) is 14. The lowest BCUT2D eigenvalue weighted by Gasteiger charge is -2.15. The molecule has 0 N–H and O–H groups in total. The van der Waals surface area contributed by atoms with Crippen LogP contribution in [0.2, 0.25) is 0 Å². The maximum absolute atomic E-state index is 11.5. The summed E-state index contributed by atoms with van der Waals surface area (Å²) in [6.07, 6.45) is 21.1. The van der Waals surface area contributed by atoms with Gasteiger partial charge in [0, 0.05) is 18.6 Å². The van der Waals surface area contributed by atoms with E-state index in [4.69, 9.17) is 14.2 Å². The van der Waals surface area contributed by atoms with Gasteiger partial charge in [-0.1, -0.05) is 96.8 Å². The number of carbonyl (C=O) groups is 1. The first kappa shape index (κ1) is 27.3. The van der Waals surface area contributed by atoms with Crippen LogP contribution in [0.1, 0.15) is 116 Å². The van der Waals surface area contributed by atoms with Crippen LogP contribution in [-0.2, 0) is 11.2 Å². The molecule has 178 valence electrons. The maximum atomic E-state index is 11.5. The van der Waals surface area contributed by atoms with Crippen molar-refractivity contribution < 1.29 is 19.0 Å². The minimum Gasteiger partial charge on any atom is -0.497 e. The standard InChI is InChI=1S/C27H46O4/c1-5-6-7-8-9-10-11-12-13-14-15-16-17-18-19-20-24-21-25(29-3)22-26(30-4)27(24)31-23(2)28/h21-22H,5-20H2,1-4H3. The topological polar surface area (TPSA) is 44.8 Å². The fraction of sp³-hybridized carbons (Fsp3) is 0.741. The molecule has 0 spiro atoms. The Morgan fingerprint density at radius 1 is 0.710 bits per heavy atom. The highest BCUT2D eigenvalue weighted by molar-refractivity contribution is 5.71. The van der Waals surface area contributed by atoms with E-state index >= 15 is 0 Å². The molecule has 0 radical (unpaired) electrons. The summed E-state index contributed by atoms with van der Waals surface area (Å²) in [5.41, 5.74) is 0.973. The summed E-state index contributed by atoms with van der Waals surface area (Å²) in [4.78, 5) is 11.5. The Morgan fingerprint density at radius 2 is 1.19 bits per heavy atom. The second-order valence-corrected chi connectivity index (χ2v) is 8.61. The molecule has 1 rings (SSSR count). The number of hydrogen-bond donors (Lipinski definition) is 0. The van der Waals surface area contributed by atoms with Gasteiger partial charge < -0.3 is 14.2 Å². The molecule has 0 heterocycles. The van der Waals surface area contributed by atoms with Crippen LogP contribution in [0, 0.1) is 0 Å². The highest BCUT2D eigenvalue weighted by Gasteiger charge is 2.15. The Kier molecular flexibility index (Phi) is 15.8. The molecule has 0 saturated heterocycles. The van der Waals surface area contributed by atoms with Crippen molar-refractivity contribution in [1.82, 2.24) is 0 Å². The van der Waals surface area contributed by atoms with Gasteiger partial charge in [-0.3, -0.25) is 4.79 Å². The number of carbonyl (C=O) groups excluding carboxylic acids is 1. The smallest absolute Gasteiger partial charge is 0.308 e. The molecule has 4 heteroatoms. The van der Waals surface area contributed by atoms with Crippen molar-refractivity contribution >= 4 is 5.97 Å². The Hall–Kier alpha value is -1.71. The Labute approximate surface area is 191 Å². The summed E-state index contributed by atoms with van der Waals surface area (Å²) in [6.45, 7) is 3.70. The van der Waals surface area contributed by atoms with Crippen molar-refractivity contribution in [2.24, 2.45) is 0 Å².